The van der Waals surface area contributed by atoms with Gasteiger partial charge >= 0.3 is 0 Å². The van der Waals surface area contributed by atoms with Crippen LogP contribution in [0.25, 0.3) is 39.1 Å². The molecule has 1 spiro atoms. The van der Waals surface area contributed by atoms with Crippen molar-refractivity contribution in [2.75, 3.05) is 76.6 Å². The van der Waals surface area contributed by atoms with Crippen LogP contribution in [0, 0.1) is 10.8 Å². The molecule has 0 amide bonds. The van der Waals surface area contributed by atoms with E-state index in [1.54, 1.807) is 14.2 Å². The van der Waals surface area contributed by atoms with Crippen LogP contribution in [0.3, 0.4) is 0 Å². The minimum absolute atomic E-state index is 0.0758. The summed E-state index contributed by atoms with van der Waals surface area (Å²) in [6, 6.07) is 48.1. The van der Waals surface area contributed by atoms with Crippen molar-refractivity contribution in [3.63, 3.8) is 0 Å². The number of methoxy groups -OCH3 is 2. The van der Waals surface area contributed by atoms with Crippen molar-refractivity contribution < 1.29 is 28.4 Å². The zero-order valence-corrected chi connectivity index (χ0v) is 42.0. The molecule has 0 aromatic heterocycles. The van der Waals surface area contributed by atoms with Gasteiger partial charge in [0, 0.05) is 70.6 Å². The average molecular weight is 945 g/mol. The second-order valence-corrected chi connectivity index (χ2v) is 21.8. The van der Waals surface area contributed by atoms with E-state index >= 15 is 0 Å². The summed E-state index contributed by atoms with van der Waals surface area (Å²) in [5.74, 6) is 4.03. The highest BCUT2D eigenvalue weighted by molar-refractivity contribution is 6.10. The van der Waals surface area contributed by atoms with Crippen LogP contribution in [0.2, 0.25) is 0 Å². The lowest BCUT2D eigenvalue weighted by Gasteiger charge is -2.52. The van der Waals surface area contributed by atoms with Crippen molar-refractivity contribution >= 4 is 28.2 Å². The largest absolute Gasteiger partial charge is 0.497 e. The van der Waals surface area contributed by atoms with Crippen LogP contribution in [-0.4, -0.2) is 66.8 Å². The van der Waals surface area contributed by atoms with E-state index < -0.39 is 5.60 Å². The Balaban J connectivity index is 1.13. The van der Waals surface area contributed by atoms with E-state index in [2.05, 4.69) is 159 Å². The van der Waals surface area contributed by atoms with Gasteiger partial charge < -0.3 is 38.2 Å². The first-order valence-electron chi connectivity index (χ1n) is 25.5. The molecule has 2 aliphatic carbocycles. The number of nitrogens with zero attached hydrogens (tertiary/aromatic N) is 2. The van der Waals surface area contributed by atoms with Gasteiger partial charge in [-0.25, -0.2) is 0 Å². The number of rotatable bonds is 9. The first kappa shape index (κ1) is 45.4. The molecule has 7 aromatic carbocycles. The Labute approximate surface area is 418 Å². The molecule has 0 N–H and O–H groups in total. The lowest BCUT2D eigenvalue weighted by Crippen LogP contribution is -2.44. The van der Waals surface area contributed by atoms with E-state index in [4.69, 9.17) is 28.4 Å². The Kier molecular flexibility index (Phi) is 11.2. The van der Waals surface area contributed by atoms with Crippen LogP contribution in [0.15, 0.2) is 140 Å². The van der Waals surface area contributed by atoms with Gasteiger partial charge in [0.2, 0.25) is 0 Å². The minimum atomic E-state index is -0.992. The number of anilines is 2. The van der Waals surface area contributed by atoms with Gasteiger partial charge in [0.05, 0.1) is 40.6 Å². The summed E-state index contributed by atoms with van der Waals surface area (Å²) < 4.78 is 38.0. The Hall–Kier alpha value is -6.74. The van der Waals surface area contributed by atoms with E-state index in [9.17, 15) is 0 Å². The van der Waals surface area contributed by atoms with Gasteiger partial charge in [0.25, 0.3) is 0 Å². The van der Waals surface area contributed by atoms with Crippen molar-refractivity contribution in [3.8, 4) is 51.0 Å². The van der Waals surface area contributed by atoms with E-state index in [0.717, 1.165) is 139 Å². The monoisotopic (exact) mass is 944 g/mol. The molecule has 0 unspecified atom stereocenters. The van der Waals surface area contributed by atoms with Crippen molar-refractivity contribution in [3.05, 3.63) is 167 Å². The van der Waals surface area contributed by atoms with Crippen LogP contribution in [-0.2, 0) is 20.5 Å². The third-order valence-corrected chi connectivity index (χ3v) is 15.9. The summed E-state index contributed by atoms with van der Waals surface area (Å²) >= 11 is 0. The van der Waals surface area contributed by atoms with E-state index in [1.807, 2.05) is 24.3 Å². The van der Waals surface area contributed by atoms with Crippen molar-refractivity contribution in [1.82, 2.24) is 0 Å². The maximum Gasteiger partial charge on any atom is 0.178 e. The molecule has 2 saturated heterocycles. The third kappa shape index (κ3) is 7.91. The summed E-state index contributed by atoms with van der Waals surface area (Å²) in [7, 11) is 3.42. The normalized spacial score (nSPS) is 19.1. The zero-order chi connectivity index (χ0) is 48.5. The quantitative estimate of drug-likeness (QED) is 0.142. The average Bonchev–Trinajstić information content (AvgIpc) is 3.66. The van der Waals surface area contributed by atoms with Gasteiger partial charge in [-0.2, -0.15) is 0 Å². The summed E-state index contributed by atoms with van der Waals surface area (Å²) in [6.07, 6.45) is 7.88. The summed E-state index contributed by atoms with van der Waals surface area (Å²) in [6.45, 7) is 16.3. The number of benzene rings is 7. The van der Waals surface area contributed by atoms with Crippen LogP contribution in [0.1, 0.15) is 74.8 Å². The number of fused-ring (bicyclic) bond motifs is 10. The Morgan fingerprint density at radius 1 is 0.535 bits per heavy atom. The second kappa shape index (κ2) is 17.5. The predicted octanol–water partition coefficient (Wildman–Crippen LogP) is 13.8. The Morgan fingerprint density at radius 2 is 1.07 bits per heavy atom. The second-order valence-electron chi connectivity index (χ2n) is 21.8. The molecule has 3 fully saturated rings. The van der Waals surface area contributed by atoms with Crippen molar-refractivity contribution in [1.29, 1.82) is 0 Å². The van der Waals surface area contributed by atoms with E-state index in [1.165, 1.54) is 33.6 Å². The van der Waals surface area contributed by atoms with Gasteiger partial charge in [-0.05, 0) is 142 Å². The van der Waals surface area contributed by atoms with Gasteiger partial charge in [-0.1, -0.05) is 94.4 Å². The fourth-order valence-corrected chi connectivity index (χ4v) is 13.5. The molecule has 0 atom stereocenters. The minimum Gasteiger partial charge on any atom is -0.497 e. The third-order valence-electron chi connectivity index (χ3n) is 15.9. The molecular weight excluding hydrogens is 881 g/mol. The highest BCUT2D eigenvalue weighted by atomic mass is 16.5. The number of hydrogen-bond acceptors (Lipinski definition) is 8. The first-order valence-corrected chi connectivity index (χ1v) is 25.5. The van der Waals surface area contributed by atoms with Crippen LogP contribution in [0.4, 0.5) is 11.4 Å². The molecule has 7 aromatic rings. The number of morpholine rings is 2. The molecule has 71 heavy (non-hydrogen) atoms. The smallest absolute Gasteiger partial charge is 0.178 e. The van der Waals surface area contributed by atoms with Gasteiger partial charge in [0.1, 0.15) is 28.7 Å². The van der Waals surface area contributed by atoms with Crippen LogP contribution >= 0.6 is 0 Å². The fourth-order valence-electron chi connectivity index (χ4n) is 13.5. The number of hydrogen-bond donors (Lipinski definition) is 0. The fraction of sp³-hybridized carbons (Fsp3) is 0.333. The van der Waals surface area contributed by atoms with Gasteiger partial charge in [0.15, 0.2) is 5.60 Å². The van der Waals surface area contributed by atoms with Crippen LogP contribution in [0.5, 0.6) is 28.7 Å². The molecular formula is C63H64N2O6. The summed E-state index contributed by atoms with van der Waals surface area (Å²) in [5.41, 5.74) is 11.8. The number of ether oxygens (including phenoxy) is 6. The highest BCUT2D eigenvalue weighted by Crippen LogP contribution is 2.67. The summed E-state index contributed by atoms with van der Waals surface area (Å²) in [5, 5.41) is 2.16. The first-order chi connectivity index (χ1) is 34.5. The Morgan fingerprint density at radius 3 is 1.63 bits per heavy atom. The topological polar surface area (TPSA) is 61.9 Å². The SMILES string of the molecule is COc1ccc(C2(c3ccc(OC)cc3)C=Cc3c4c(c5cc(Oc6ccc(N7CCOCC7)cc6)c(-c6ccc(N7CCOCC7)cc6)cc5c3O2)-c2ccccc2C42CC(C)(C)CC(C)(C)C2)cc1. The molecule has 3 heterocycles. The molecule has 0 radical (unpaired) electrons. The molecule has 5 aliphatic rings. The maximum atomic E-state index is 7.99. The van der Waals surface area contributed by atoms with E-state index in [-0.39, 0.29) is 16.2 Å². The molecule has 8 heteroatoms. The molecule has 8 nitrogen and oxygen atoms in total. The van der Waals surface area contributed by atoms with E-state index in [0.29, 0.717) is 0 Å². The lowest BCUT2D eigenvalue weighted by molar-refractivity contribution is 0.0642. The Bertz CT molecular complexity index is 3080. The molecule has 1 saturated carbocycles. The molecule has 12 rings (SSSR count). The molecule has 0 bridgehead atoms. The predicted molar refractivity (Wildman–Crippen MR) is 286 cm³/mol. The standard InChI is InChI=1S/C63H64N2O6/c1-60(2)39-61(3,4)41-62(40-60)55-10-8-7-9-50(55)57-53-38-56(70-49-25-19-46(20-26-49)65-31-35-69-36-32-65)52(42-11-17-45(18-12-42)64-29-33-68-34-30-64)37-54(53)59-51(58(57)62)27-28-63(71-59,43-13-21-47(66-5)22-14-43)44-15-23-48(67-6)24-16-44/h7-28,37-38H,29-36,39-41H2,1-6H3. The molecule has 3 aliphatic heterocycles. The van der Waals surface area contributed by atoms with Gasteiger partial charge in [-0.3, -0.25) is 0 Å². The van der Waals surface area contributed by atoms with Crippen molar-refractivity contribution in [2.24, 2.45) is 10.8 Å². The molecule has 362 valence electrons. The van der Waals surface area contributed by atoms with Gasteiger partial charge in [-0.15, -0.1) is 0 Å². The maximum absolute atomic E-state index is 7.99. The lowest BCUT2D eigenvalue weighted by atomic mass is 9.52. The van der Waals surface area contributed by atoms with Crippen molar-refractivity contribution in [2.45, 2.75) is 58.0 Å². The zero-order valence-electron chi connectivity index (χ0n) is 42.0. The summed E-state index contributed by atoms with van der Waals surface area (Å²) in [4.78, 5) is 4.78. The van der Waals surface area contributed by atoms with Crippen LogP contribution < -0.4 is 28.7 Å². The highest BCUT2D eigenvalue weighted by Gasteiger charge is 2.55.